The molecule has 0 aromatic rings. The summed E-state index contributed by atoms with van der Waals surface area (Å²) in [6, 6.07) is 0. The Bertz CT molecular complexity index is 424. The van der Waals surface area contributed by atoms with Crippen molar-refractivity contribution in [2.45, 2.75) is 64.3 Å². The second kappa shape index (κ2) is 6.94. The van der Waals surface area contributed by atoms with Gasteiger partial charge in [-0.05, 0) is 44.4 Å². The molecule has 1 saturated carbocycles. The van der Waals surface area contributed by atoms with Gasteiger partial charge < -0.3 is 5.73 Å². The highest BCUT2D eigenvalue weighted by molar-refractivity contribution is 7.86. The van der Waals surface area contributed by atoms with Crippen LogP contribution in [-0.4, -0.2) is 48.7 Å². The zero-order valence-corrected chi connectivity index (χ0v) is 14.4. The van der Waals surface area contributed by atoms with Crippen molar-refractivity contribution in [2.75, 3.05) is 26.2 Å². The Labute approximate surface area is 130 Å². The smallest absolute Gasteiger partial charge is 0.282 e. The van der Waals surface area contributed by atoms with E-state index in [1.807, 2.05) is 6.92 Å². The van der Waals surface area contributed by atoms with Gasteiger partial charge in [-0.1, -0.05) is 20.3 Å². The van der Waals surface area contributed by atoms with Crippen LogP contribution in [0.1, 0.15) is 58.8 Å². The van der Waals surface area contributed by atoms with E-state index in [2.05, 4.69) is 6.92 Å². The molecular weight excluding hydrogens is 286 g/mol. The summed E-state index contributed by atoms with van der Waals surface area (Å²) in [6.07, 6.45) is 7.14. The third kappa shape index (κ3) is 3.28. The van der Waals surface area contributed by atoms with Crippen molar-refractivity contribution in [3.8, 4) is 0 Å². The number of nitrogens with two attached hydrogens (primary N) is 1. The van der Waals surface area contributed by atoms with Gasteiger partial charge in [0.15, 0.2) is 0 Å². The van der Waals surface area contributed by atoms with Crippen molar-refractivity contribution in [2.24, 2.45) is 11.7 Å². The third-order valence-electron chi connectivity index (χ3n) is 5.48. The normalized spacial score (nSPS) is 31.9. The SMILES string of the molecule is CCC1CCC(CN)(N(CC)S(=O)(=O)N2CCCC2)CC1. The molecule has 2 rings (SSSR count). The molecule has 0 radical (unpaired) electrons. The lowest BCUT2D eigenvalue weighted by molar-refractivity contribution is 0.108. The first kappa shape index (κ1) is 17.2. The van der Waals surface area contributed by atoms with Gasteiger partial charge in [0.25, 0.3) is 10.2 Å². The Balaban J connectivity index is 2.21. The highest BCUT2D eigenvalue weighted by atomic mass is 32.2. The quantitative estimate of drug-likeness (QED) is 0.814. The summed E-state index contributed by atoms with van der Waals surface area (Å²) in [5.41, 5.74) is 5.71. The van der Waals surface area contributed by atoms with Crippen molar-refractivity contribution in [3.05, 3.63) is 0 Å². The summed E-state index contributed by atoms with van der Waals surface area (Å²) in [7, 11) is -3.36. The highest BCUT2D eigenvalue weighted by Gasteiger charge is 2.46. The van der Waals surface area contributed by atoms with Crippen LogP contribution in [0.2, 0.25) is 0 Å². The molecule has 2 aliphatic rings. The van der Waals surface area contributed by atoms with E-state index in [1.54, 1.807) is 8.61 Å². The fourth-order valence-corrected chi connectivity index (χ4v) is 6.05. The molecule has 0 aromatic carbocycles. The number of rotatable bonds is 6. The average molecular weight is 317 g/mol. The van der Waals surface area contributed by atoms with Crippen molar-refractivity contribution < 1.29 is 8.42 Å². The topological polar surface area (TPSA) is 66.6 Å². The van der Waals surface area contributed by atoms with Gasteiger partial charge in [-0.15, -0.1) is 0 Å². The number of likely N-dealkylation sites (N-methyl/N-ethyl adjacent to an activating group) is 1. The van der Waals surface area contributed by atoms with Crippen LogP contribution in [0.4, 0.5) is 0 Å². The maximum atomic E-state index is 13.0. The lowest BCUT2D eigenvalue weighted by atomic mass is 9.75. The molecule has 1 aliphatic heterocycles. The van der Waals surface area contributed by atoms with E-state index in [4.69, 9.17) is 5.73 Å². The van der Waals surface area contributed by atoms with E-state index in [0.29, 0.717) is 26.2 Å². The maximum Gasteiger partial charge on any atom is 0.282 e. The van der Waals surface area contributed by atoms with Gasteiger partial charge in [-0.3, -0.25) is 0 Å². The predicted molar refractivity (Wildman–Crippen MR) is 86.1 cm³/mol. The standard InChI is InChI=1S/C15H31N3O2S/c1-3-14-7-9-15(13-16,10-8-14)18(4-2)21(19,20)17-11-5-6-12-17/h14H,3-13,16H2,1-2H3. The summed E-state index contributed by atoms with van der Waals surface area (Å²) in [5.74, 6) is 0.734. The van der Waals surface area contributed by atoms with E-state index in [0.717, 1.165) is 44.4 Å². The van der Waals surface area contributed by atoms with Crippen LogP contribution in [-0.2, 0) is 10.2 Å². The van der Waals surface area contributed by atoms with Crippen molar-refractivity contribution >= 4 is 10.2 Å². The Morgan fingerprint density at radius 3 is 2.19 bits per heavy atom. The van der Waals surface area contributed by atoms with Gasteiger partial charge in [0, 0.05) is 31.7 Å². The number of nitrogens with zero attached hydrogens (tertiary/aromatic N) is 2. The second-order valence-corrected chi connectivity index (χ2v) is 8.41. The maximum absolute atomic E-state index is 13.0. The molecule has 0 unspecified atom stereocenters. The molecule has 0 amide bonds. The molecule has 0 atom stereocenters. The summed E-state index contributed by atoms with van der Waals surface area (Å²) in [4.78, 5) is 0. The van der Waals surface area contributed by atoms with Crippen molar-refractivity contribution in [3.63, 3.8) is 0 Å². The Morgan fingerprint density at radius 1 is 1.19 bits per heavy atom. The molecule has 1 aliphatic carbocycles. The van der Waals surface area contributed by atoms with Crippen LogP contribution < -0.4 is 5.73 Å². The first-order chi connectivity index (χ1) is 10.00. The van der Waals surface area contributed by atoms with Gasteiger partial charge in [-0.25, -0.2) is 0 Å². The Hall–Kier alpha value is -0.170. The highest BCUT2D eigenvalue weighted by Crippen LogP contribution is 2.39. The monoisotopic (exact) mass is 317 g/mol. The van der Waals surface area contributed by atoms with E-state index in [1.165, 1.54) is 6.42 Å². The molecule has 1 heterocycles. The fraction of sp³-hybridized carbons (Fsp3) is 1.00. The molecule has 0 aromatic heterocycles. The van der Waals surface area contributed by atoms with Gasteiger partial charge in [0.05, 0.1) is 0 Å². The first-order valence-corrected chi connectivity index (χ1v) is 9.88. The van der Waals surface area contributed by atoms with Crippen LogP contribution in [0, 0.1) is 5.92 Å². The van der Waals surface area contributed by atoms with E-state index in [9.17, 15) is 8.42 Å². The van der Waals surface area contributed by atoms with Crippen LogP contribution in [0.5, 0.6) is 0 Å². The minimum atomic E-state index is -3.36. The molecule has 0 bridgehead atoms. The van der Waals surface area contributed by atoms with Gasteiger partial charge in [0.2, 0.25) is 0 Å². The average Bonchev–Trinajstić information content (AvgIpc) is 3.03. The second-order valence-electron chi connectivity index (χ2n) is 6.56. The zero-order valence-electron chi connectivity index (χ0n) is 13.6. The molecule has 5 nitrogen and oxygen atoms in total. The molecule has 21 heavy (non-hydrogen) atoms. The van der Waals surface area contributed by atoms with E-state index >= 15 is 0 Å². The minimum Gasteiger partial charge on any atom is -0.329 e. The van der Waals surface area contributed by atoms with Crippen molar-refractivity contribution in [1.29, 1.82) is 0 Å². The predicted octanol–water partition coefficient (Wildman–Crippen LogP) is 1.95. The molecule has 2 fully saturated rings. The minimum absolute atomic E-state index is 0.359. The van der Waals surface area contributed by atoms with Crippen LogP contribution in [0.25, 0.3) is 0 Å². The molecule has 6 heteroatoms. The van der Waals surface area contributed by atoms with Gasteiger partial charge in [-0.2, -0.15) is 17.0 Å². The number of hydrogen-bond acceptors (Lipinski definition) is 3. The van der Waals surface area contributed by atoms with Crippen molar-refractivity contribution in [1.82, 2.24) is 8.61 Å². The molecule has 0 spiro atoms. The Morgan fingerprint density at radius 2 is 1.76 bits per heavy atom. The van der Waals surface area contributed by atoms with Crippen LogP contribution in [0.3, 0.4) is 0 Å². The summed E-state index contributed by atoms with van der Waals surface area (Å²) >= 11 is 0. The summed E-state index contributed by atoms with van der Waals surface area (Å²) < 4.78 is 29.3. The first-order valence-electron chi connectivity index (χ1n) is 8.48. The van der Waals surface area contributed by atoms with Crippen LogP contribution >= 0.6 is 0 Å². The Kier molecular flexibility index (Phi) is 5.68. The zero-order chi connectivity index (χ0) is 15.5. The van der Waals surface area contributed by atoms with Gasteiger partial charge >= 0.3 is 0 Å². The third-order valence-corrected chi connectivity index (χ3v) is 7.70. The summed E-state index contributed by atoms with van der Waals surface area (Å²) in [6.45, 7) is 6.45. The van der Waals surface area contributed by atoms with E-state index in [-0.39, 0.29) is 5.54 Å². The lowest BCUT2D eigenvalue weighted by Gasteiger charge is -2.47. The molecule has 2 N–H and O–H groups in total. The van der Waals surface area contributed by atoms with Gasteiger partial charge in [0.1, 0.15) is 0 Å². The fourth-order valence-electron chi connectivity index (χ4n) is 3.98. The summed E-state index contributed by atoms with van der Waals surface area (Å²) in [5, 5.41) is 0. The number of hydrogen-bond donors (Lipinski definition) is 1. The largest absolute Gasteiger partial charge is 0.329 e. The van der Waals surface area contributed by atoms with E-state index < -0.39 is 10.2 Å². The molecule has 124 valence electrons. The molecular formula is C15H31N3O2S. The molecule has 1 saturated heterocycles. The lowest BCUT2D eigenvalue weighted by Crippen LogP contribution is -2.60. The van der Waals surface area contributed by atoms with Crippen LogP contribution in [0.15, 0.2) is 0 Å².